The molecule has 0 atom stereocenters. The summed E-state index contributed by atoms with van der Waals surface area (Å²) >= 11 is 0. The van der Waals surface area contributed by atoms with Crippen LogP contribution < -0.4 is 10.2 Å². The van der Waals surface area contributed by atoms with Gasteiger partial charge in [-0.05, 0) is 48.6 Å². The number of nitrogens with one attached hydrogen (secondary N) is 1. The molecular formula is C22H29N3O3S. The molecule has 3 rings (SSSR count). The van der Waals surface area contributed by atoms with Gasteiger partial charge < -0.3 is 5.32 Å². The largest absolute Gasteiger partial charge is 0.338 e. The molecule has 0 spiro atoms. The van der Waals surface area contributed by atoms with Crippen LogP contribution in [-0.4, -0.2) is 44.9 Å². The van der Waals surface area contributed by atoms with E-state index in [1.165, 1.54) is 9.87 Å². The molecule has 1 N–H and O–H groups in total. The highest BCUT2D eigenvalue weighted by molar-refractivity contribution is 7.89. The predicted molar refractivity (Wildman–Crippen MR) is 116 cm³/mol. The SMILES string of the molecule is CCN(CC)S(=O)(=O)c1ccc2c(c1)CCN2C(=O)NCCCc1ccccc1. The fraction of sp³-hybridized carbons (Fsp3) is 0.409. The van der Waals surface area contributed by atoms with Gasteiger partial charge in [0.1, 0.15) is 0 Å². The van der Waals surface area contributed by atoms with Gasteiger partial charge in [0.25, 0.3) is 0 Å². The van der Waals surface area contributed by atoms with Gasteiger partial charge in [-0.15, -0.1) is 0 Å². The minimum absolute atomic E-state index is 0.129. The highest BCUT2D eigenvalue weighted by Gasteiger charge is 2.28. The molecule has 0 aromatic heterocycles. The number of amides is 2. The molecule has 29 heavy (non-hydrogen) atoms. The number of urea groups is 1. The molecular weight excluding hydrogens is 386 g/mol. The van der Waals surface area contributed by atoms with E-state index in [-0.39, 0.29) is 6.03 Å². The van der Waals surface area contributed by atoms with Gasteiger partial charge in [0, 0.05) is 31.9 Å². The van der Waals surface area contributed by atoms with Crippen LogP contribution in [-0.2, 0) is 22.9 Å². The molecule has 2 aromatic carbocycles. The van der Waals surface area contributed by atoms with E-state index in [9.17, 15) is 13.2 Å². The average Bonchev–Trinajstić information content (AvgIpc) is 3.16. The summed E-state index contributed by atoms with van der Waals surface area (Å²) in [5.41, 5.74) is 2.96. The number of anilines is 1. The van der Waals surface area contributed by atoms with Crippen molar-refractivity contribution >= 4 is 21.7 Å². The van der Waals surface area contributed by atoms with Crippen LogP contribution in [0.5, 0.6) is 0 Å². The molecule has 0 radical (unpaired) electrons. The van der Waals surface area contributed by atoms with Gasteiger partial charge in [-0.1, -0.05) is 44.2 Å². The van der Waals surface area contributed by atoms with Crippen molar-refractivity contribution in [1.82, 2.24) is 9.62 Å². The third kappa shape index (κ3) is 4.79. The van der Waals surface area contributed by atoms with Gasteiger partial charge in [-0.3, -0.25) is 4.90 Å². The second kappa shape index (κ2) is 9.41. The molecule has 0 saturated carbocycles. The number of benzene rings is 2. The minimum atomic E-state index is -3.49. The molecule has 1 aliphatic rings. The summed E-state index contributed by atoms with van der Waals surface area (Å²) in [4.78, 5) is 14.6. The lowest BCUT2D eigenvalue weighted by Crippen LogP contribution is -2.39. The normalized spacial score (nSPS) is 13.6. The van der Waals surface area contributed by atoms with Crippen molar-refractivity contribution in [3.05, 3.63) is 59.7 Å². The van der Waals surface area contributed by atoms with E-state index in [2.05, 4.69) is 17.4 Å². The molecule has 6 nitrogen and oxygen atoms in total. The molecule has 0 bridgehead atoms. The number of sulfonamides is 1. The monoisotopic (exact) mass is 415 g/mol. The summed E-state index contributed by atoms with van der Waals surface area (Å²) in [6.45, 7) is 5.71. The summed E-state index contributed by atoms with van der Waals surface area (Å²) in [6, 6.07) is 15.1. The Bertz CT molecular complexity index is 941. The molecule has 0 unspecified atom stereocenters. The maximum absolute atomic E-state index is 12.7. The fourth-order valence-electron chi connectivity index (χ4n) is 3.69. The number of hydrogen-bond donors (Lipinski definition) is 1. The number of carbonyl (C=O) groups is 1. The van der Waals surface area contributed by atoms with E-state index in [1.807, 2.05) is 32.0 Å². The Morgan fingerprint density at radius 2 is 1.83 bits per heavy atom. The lowest BCUT2D eigenvalue weighted by Gasteiger charge is -2.20. The molecule has 7 heteroatoms. The number of aryl methyl sites for hydroxylation is 1. The molecule has 2 amide bonds. The van der Waals surface area contributed by atoms with Gasteiger partial charge >= 0.3 is 6.03 Å². The van der Waals surface area contributed by atoms with Crippen LogP contribution in [0.15, 0.2) is 53.4 Å². The predicted octanol–water partition coefficient (Wildman–Crippen LogP) is 3.42. The molecule has 1 heterocycles. The summed E-state index contributed by atoms with van der Waals surface area (Å²) in [6.07, 6.45) is 2.45. The fourth-order valence-corrected chi connectivity index (χ4v) is 5.20. The maximum atomic E-state index is 12.7. The smallest absolute Gasteiger partial charge is 0.321 e. The first-order valence-electron chi connectivity index (χ1n) is 10.2. The average molecular weight is 416 g/mol. The van der Waals surface area contributed by atoms with E-state index < -0.39 is 10.0 Å². The van der Waals surface area contributed by atoms with Crippen molar-refractivity contribution < 1.29 is 13.2 Å². The third-order valence-electron chi connectivity index (χ3n) is 5.30. The van der Waals surface area contributed by atoms with E-state index >= 15 is 0 Å². The van der Waals surface area contributed by atoms with Gasteiger partial charge in [0.15, 0.2) is 0 Å². The molecule has 1 aliphatic heterocycles. The Hall–Kier alpha value is -2.38. The van der Waals surface area contributed by atoms with Crippen LogP contribution in [0.2, 0.25) is 0 Å². The topological polar surface area (TPSA) is 69.7 Å². The maximum Gasteiger partial charge on any atom is 0.321 e. The van der Waals surface area contributed by atoms with Crippen LogP contribution >= 0.6 is 0 Å². The number of fused-ring (bicyclic) bond motifs is 1. The van der Waals surface area contributed by atoms with E-state index in [0.717, 1.165) is 24.1 Å². The van der Waals surface area contributed by atoms with E-state index in [0.29, 0.717) is 37.5 Å². The van der Waals surface area contributed by atoms with Crippen LogP contribution in [0.4, 0.5) is 10.5 Å². The van der Waals surface area contributed by atoms with Crippen LogP contribution in [0.1, 0.15) is 31.4 Å². The molecule has 0 aliphatic carbocycles. The first-order chi connectivity index (χ1) is 14.0. The number of hydrogen-bond acceptors (Lipinski definition) is 3. The zero-order valence-corrected chi connectivity index (χ0v) is 17.9. The lowest BCUT2D eigenvalue weighted by molar-refractivity contribution is 0.246. The van der Waals surface area contributed by atoms with Crippen LogP contribution in [0.3, 0.4) is 0 Å². The zero-order valence-electron chi connectivity index (χ0n) is 17.1. The van der Waals surface area contributed by atoms with Crippen molar-refractivity contribution in [2.75, 3.05) is 31.1 Å². The number of carbonyl (C=O) groups excluding carboxylic acids is 1. The summed E-state index contributed by atoms with van der Waals surface area (Å²) in [7, 11) is -3.49. The second-order valence-electron chi connectivity index (χ2n) is 7.10. The Morgan fingerprint density at radius 3 is 2.52 bits per heavy atom. The van der Waals surface area contributed by atoms with Crippen molar-refractivity contribution in [1.29, 1.82) is 0 Å². The molecule has 156 valence electrons. The first-order valence-corrected chi connectivity index (χ1v) is 11.6. The number of nitrogens with zero attached hydrogens (tertiary/aromatic N) is 2. The van der Waals surface area contributed by atoms with Crippen molar-refractivity contribution in [3.8, 4) is 0 Å². The first kappa shape index (κ1) is 21.3. The third-order valence-corrected chi connectivity index (χ3v) is 7.34. The quantitative estimate of drug-likeness (QED) is 0.672. The molecule has 0 saturated heterocycles. The Kier molecular flexibility index (Phi) is 6.92. The standard InChI is InChI=1S/C22H29N3O3S/c1-3-24(4-2)29(27,28)20-12-13-21-19(17-20)14-16-25(21)22(26)23-15-8-11-18-9-6-5-7-10-18/h5-7,9-10,12-13,17H,3-4,8,11,14-16H2,1-2H3,(H,23,26). The van der Waals surface area contributed by atoms with Crippen molar-refractivity contribution in [2.45, 2.75) is 38.0 Å². The molecule has 0 fully saturated rings. The Balaban J connectivity index is 1.61. The minimum Gasteiger partial charge on any atom is -0.338 e. The lowest BCUT2D eigenvalue weighted by atomic mass is 10.1. The second-order valence-corrected chi connectivity index (χ2v) is 9.04. The summed E-state index contributed by atoms with van der Waals surface area (Å²) < 4.78 is 26.9. The van der Waals surface area contributed by atoms with E-state index in [1.54, 1.807) is 23.1 Å². The highest BCUT2D eigenvalue weighted by atomic mass is 32.2. The van der Waals surface area contributed by atoms with Crippen LogP contribution in [0, 0.1) is 0 Å². The van der Waals surface area contributed by atoms with Gasteiger partial charge in [-0.2, -0.15) is 4.31 Å². The van der Waals surface area contributed by atoms with Gasteiger partial charge in [0.2, 0.25) is 10.0 Å². The van der Waals surface area contributed by atoms with Gasteiger partial charge in [-0.25, -0.2) is 13.2 Å². The summed E-state index contributed by atoms with van der Waals surface area (Å²) in [5.74, 6) is 0. The van der Waals surface area contributed by atoms with Gasteiger partial charge in [0.05, 0.1) is 4.90 Å². The van der Waals surface area contributed by atoms with Crippen molar-refractivity contribution in [3.63, 3.8) is 0 Å². The van der Waals surface area contributed by atoms with Crippen molar-refractivity contribution in [2.24, 2.45) is 0 Å². The number of rotatable bonds is 8. The zero-order chi connectivity index (χ0) is 20.9. The van der Waals surface area contributed by atoms with Crippen LogP contribution in [0.25, 0.3) is 0 Å². The Morgan fingerprint density at radius 1 is 1.10 bits per heavy atom. The Labute approximate surface area is 173 Å². The highest BCUT2D eigenvalue weighted by Crippen LogP contribution is 2.31. The molecule has 2 aromatic rings. The van der Waals surface area contributed by atoms with E-state index in [4.69, 9.17) is 0 Å². The summed E-state index contributed by atoms with van der Waals surface area (Å²) in [5, 5.41) is 2.98.